The first-order chi connectivity index (χ1) is 8.16. The summed E-state index contributed by atoms with van der Waals surface area (Å²) in [5.41, 5.74) is 3.36. The third-order valence-corrected chi connectivity index (χ3v) is 3.93. The summed E-state index contributed by atoms with van der Waals surface area (Å²) in [6, 6.07) is 12.1. The second kappa shape index (κ2) is 5.65. The predicted molar refractivity (Wildman–Crippen MR) is 75.4 cm³/mol. The second-order valence-corrected chi connectivity index (χ2v) is 5.38. The van der Waals surface area contributed by atoms with E-state index in [1.165, 1.54) is 5.56 Å². The minimum atomic E-state index is -0.0400. The first-order valence-electron chi connectivity index (χ1n) is 5.47. The zero-order valence-corrected chi connectivity index (χ0v) is 11.9. The fourth-order valence-electron chi connectivity index (χ4n) is 1.62. The van der Waals surface area contributed by atoms with E-state index in [2.05, 4.69) is 46.0 Å². The van der Waals surface area contributed by atoms with Gasteiger partial charge in [0.2, 0.25) is 0 Å². The maximum absolute atomic E-state index is 6.40. The molecular weight excluding hydrogens is 298 g/mol. The number of rotatable bonds is 3. The van der Waals surface area contributed by atoms with E-state index in [9.17, 15) is 0 Å². The number of halogens is 2. The molecule has 1 aromatic heterocycles. The van der Waals surface area contributed by atoms with Crippen molar-refractivity contribution in [2.45, 2.75) is 18.7 Å². The van der Waals surface area contributed by atoms with Gasteiger partial charge in [0.25, 0.3) is 0 Å². The van der Waals surface area contributed by atoms with Crippen molar-refractivity contribution in [2.75, 3.05) is 0 Å². The molecule has 1 nitrogen and oxygen atoms in total. The van der Waals surface area contributed by atoms with E-state index in [4.69, 9.17) is 11.6 Å². The summed E-state index contributed by atoms with van der Waals surface area (Å²) in [6.07, 6.45) is 2.54. The number of aryl methyl sites for hydroxylation is 1. The van der Waals surface area contributed by atoms with Crippen LogP contribution in [0.2, 0.25) is 0 Å². The fraction of sp³-hybridized carbons (Fsp3) is 0.214. The molecule has 2 aromatic rings. The fourth-order valence-corrected chi connectivity index (χ4v) is 2.31. The van der Waals surface area contributed by atoms with E-state index in [-0.39, 0.29) is 5.38 Å². The van der Waals surface area contributed by atoms with E-state index in [0.29, 0.717) is 0 Å². The maximum Gasteiger partial charge on any atom is 0.0641 e. The third-order valence-electron chi connectivity index (χ3n) is 2.67. The van der Waals surface area contributed by atoms with Gasteiger partial charge in [-0.15, -0.1) is 11.6 Å². The van der Waals surface area contributed by atoms with E-state index in [0.717, 1.165) is 22.2 Å². The molecule has 88 valence electrons. The molecule has 1 atom stereocenters. The van der Waals surface area contributed by atoms with Crippen LogP contribution in [0.4, 0.5) is 0 Å². The van der Waals surface area contributed by atoms with Gasteiger partial charge in [0, 0.05) is 22.8 Å². The summed E-state index contributed by atoms with van der Waals surface area (Å²) < 4.78 is 1.10. The number of aromatic nitrogens is 1. The minimum absolute atomic E-state index is 0.0400. The van der Waals surface area contributed by atoms with Crippen LogP contribution in [0.5, 0.6) is 0 Å². The number of alkyl halides is 1. The number of pyridine rings is 1. The number of hydrogen-bond donors (Lipinski definition) is 0. The van der Waals surface area contributed by atoms with Gasteiger partial charge in [-0.25, -0.2) is 0 Å². The van der Waals surface area contributed by atoms with Crippen molar-refractivity contribution < 1.29 is 0 Å². The lowest BCUT2D eigenvalue weighted by atomic mass is 10.1. The van der Waals surface area contributed by atoms with Crippen LogP contribution in [-0.4, -0.2) is 4.98 Å². The molecule has 0 aliphatic heterocycles. The molecule has 1 aromatic carbocycles. The Kier molecular flexibility index (Phi) is 4.19. The summed E-state index contributed by atoms with van der Waals surface area (Å²) in [5.74, 6) is 0. The minimum Gasteiger partial charge on any atom is -0.261 e. The first kappa shape index (κ1) is 12.6. The average Bonchev–Trinajstić information content (AvgIpc) is 2.34. The van der Waals surface area contributed by atoms with Gasteiger partial charge in [0.15, 0.2) is 0 Å². The highest BCUT2D eigenvalue weighted by atomic mass is 79.9. The van der Waals surface area contributed by atoms with E-state index in [1.807, 2.05) is 18.2 Å². The van der Waals surface area contributed by atoms with Crippen molar-refractivity contribution in [1.29, 1.82) is 0 Å². The maximum atomic E-state index is 6.40. The second-order valence-electron chi connectivity index (χ2n) is 4.00. The van der Waals surface area contributed by atoms with Gasteiger partial charge in [0.1, 0.15) is 0 Å². The van der Waals surface area contributed by atoms with Gasteiger partial charge < -0.3 is 0 Å². The molecule has 0 N–H and O–H groups in total. The quantitative estimate of drug-likeness (QED) is 0.750. The van der Waals surface area contributed by atoms with Crippen molar-refractivity contribution in [3.8, 4) is 0 Å². The Balaban J connectivity index is 2.14. The third kappa shape index (κ3) is 3.30. The van der Waals surface area contributed by atoms with Gasteiger partial charge in [-0.3, -0.25) is 4.98 Å². The molecule has 1 heterocycles. The Bertz CT molecular complexity index is 499. The van der Waals surface area contributed by atoms with Crippen LogP contribution >= 0.6 is 27.5 Å². The number of nitrogens with zero attached hydrogens (tertiary/aromatic N) is 1. The predicted octanol–water partition coefficient (Wildman–Crippen LogP) is 4.68. The van der Waals surface area contributed by atoms with Gasteiger partial charge in [0.05, 0.1) is 5.38 Å². The Labute approximate surface area is 115 Å². The lowest BCUT2D eigenvalue weighted by Crippen LogP contribution is -1.98. The molecule has 0 bridgehead atoms. The summed E-state index contributed by atoms with van der Waals surface area (Å²) >= 11 is 9.93. The monoisotopic (exact) mass is 309 g/mol. The molecule has 3 heteroatoms. The van der Waals surface area contributed by atoms with Crippen LogP contribution in [0.1, 0.15) is 22.2 Å². The van der Waals surface area contributed by atoms with Crippen LogP contribution < -0.4 is 0 Å². The van der Waals surface area contributed by atoms with Gasteiger partial charge in [-0.05, 0) is 36.2 Å². The van der Waals surface area contributed by atoms with Crippen LogP contribution in [0.15, 0.2) is 47.1 Å². The van der Waals surface area contributed by atoms with Crippen molar-refractivity contribution in [3.05, 3.63) is 63.9 Å². The number of hydrogen-bond acceptors (Lipinski definition) is 1. The molecule has 0 amide bonds. The molecule has 0 spiro atoms. The summed E-state index contributed by atoms with van der Waals surface area (Å²) in [7, 11) is 0. The summed E-state index contributed by atoms with van der Waals surface area (Å²) in [5, 5.41) is -0.0400. The Hall–Kier alpha value is -0.860. The van der Waals surface area contributed by atoms with Gasteiger partial charge in [-0.2, -0.15) is 0 Å². The largest absolute Gasteiger partial charge is 0.261 e. The lowest BCUT2D eigenvalue weighted by Gasteiger charge is -2.10. The molecular formula is C14H13BrClN. The highest BCUT2D eigenvalue weighted by Gasteiger charge is 2.10. The zero-order valence-electron chi connectivity index (χ0n) is 9.53. The van der Waals surface area contributed by atoms with Crippen molar-refractivity contribution in [2.24, 2.45) is 0 Å². The molecule has 17 heavy (non-hydrogen) atoms. The molecule has 0 radical (unpaired) electrons. The SMILES string of the molecule is Cc1ccc(C(Cl)Cc2ccccn2)cc1Br. The van der Waals surface area contributed by atoms with Gasteiger partial charge >= 0.3 is 0 Å². The highest BCUT2D eigenvalue weighted by molar-refractivity contribution is 9.10. The Morgan fingerprint density at radius 2 is 2.12 bits per heavy atom. The molecule has 0 saturated carbocycles. The Morgan fingerprint density at radius 3 is 2.76 bits per heavy atom. The van der Waals surface area contributed by atoms with E-state index >= 15 is 0 Å². The normalized spacial score (nSPS) is 12.4. The molecule has 0 fully saturated rings. The van der Waals surface area contributed by atoms with Crippen LogP contribution in [0, 0.1) is 6.92 Å². The smallest absolute Gasteiger partial charge is 0.0641 e. The van der Waals surface area contributed by atoms with Crippen molar-refractivity contribution in [1.82, 2.24) is 4.98 Å². The number of benzene rings is 1. The van der Waals surface area contributed by atoms with Crippen LogP contribution in [0.25, 0.3) is 0 Å². The average molecular weight is 311 g/mol. The summed E-state index contributed by atoms with van der Waals surface area (Å²) in [6.45, 7) is 2.07. The molecule has 1 unspecified atom stereocenters. The standard InChI is InChI=1S/C14H13BrClN/c1-10-5-6-11(8-13(10)15)14(16)9-12-4-2-3-7-17-12/h2-8,14H,9H2,1H3. The topological polar surface area (TPSA) is 12.9 Å². The molecule has 0 aliphatic rings. The molecule has 2 rings (SSSR count). The molecule has 0 saturated heterocycles. The zero-order chi connectivity index (χ0) is 12.3. The Morgan fingerprint density at radius 1 is 1.29 bits per heavy atom. The first-order valence-corrected chi connectivity index (χ1v) is 6.70. The van der Waals surface area contributed by atoms with Crippen molar-refractivity contribution >= 4 is 27.5 Å². The lowest BCUT2D eigenvalue weighted by molar-refractivity contribution is 0.879. The van der Waals surface area contributed by atoms with Crippen LogP contribution in [-0.2, 0) is 6.42 Å². The van der Waals surface area contributed by atoms with E-state index in [1.54, 1.807) is 6.20 Å². The summed E-state index contributed by atoms with van der Waals surface area (Å²) in [4.78, 5) is 4.29. The van der Waals surface area contributed by atoms with Crippen LogP contribution in [0.3, 0.4) is 0 Å². The van der Waals surface area contributed by atoms with Gasteiger partial charge in [-0.1, -0.05) is 34.1 Å². The highest BCUT2D eigenvalue weighted by Crippen LogP contribution is 2.28. The van der Waals surface area contributed by atoms with Crippen molar-refractivity contribution in [3.63, 3.8) is 0 Å². The van der Waals surface area contributed by atoms with E-state index < -0.39 is 0 Å². The molecule has 0 aliphatic carbocycles.